The van der Waals surface area contributed by atoms with Crippen LogP contribution < -0.4 is 5.32 Å². The lowest BCUT2D eigenvalue weighted by molar-refractivity contribution is -0.117. The monoisotopic (exact) mass is 483 g/mol. The molecule has 2 aromatic carbocycles. The summed E-state index contributed by atoms with van der Waals surface area (Å²) in [5.41, 5.74) is 3.30. The van der Waals surface area contributed by atoms with Gasteiger partial charge in [-0.15, -0.1) is 11.3 Å². The van der Waals surface area contributed by atoms with Gasteiger partial charge < -0.3 is 10.1 Å². The van der Waals surface area contributed by atoms with Crippen LogP contribution in [0.5, 0.6) is 0 Å². The van der Waals surface area contributed by atoms with Crippen LogP contribution in [0.2, 0.25) is 5.02 Å². The van der Waals surface area contributed by atoms with E-state index in [0.717, 1.165) is 48.9 Å². The number of halogens is 1. The fourth-order valence-corrected chi connectivity index (χ4v) is 5.01. The molecule has 1 aliphatic rings. The maximum absolute atomic E-state index is 12.8. The lowest BCUT2D eigenvalue weighted by atomic mass is 10.0. The number of ether oxygens (including phenoxy) is 1. The first kappa shape index (κ1) is 23.4. The Morgan fingerprint density at radius 2 is 1.67 bits per heavy atom. The molecule has 0 radical (unpaired) electrons. The zero-order chi connectivity index (χ0) is 23.2. The van der Waals surface area contributed by atoms with Gasteiger partial charge in [0, 0.05) is 48.7 Å². The highest BCUT2D eigenvalue weighted by Gasteiger charge is 2.24. The molecule has 6 nitrogen and oxygen atoms in total. The minimum Gasteiger partial charge on any atom is -0.465 e. The van der Waals surface area contributed by atoms with Gasteiger partial charge in [-0.1, -0.05) is 54.1 Å². The van der Waals surface area contributed by atoms with E-state index in [9.17, 15) is 9.59 Å². The zero-order valence-corrected chi connectivity index (χ0v) is 20.0. The topological polar surface area (TPSA) is 61.9 Å². The van der Waals surface area contributed by atoms with Crippen LogP contribution in [0.25, 0.3) is 11.1 Å². The number of anilines is 1. The van der Waals surface area contributed by atoms with E-state index >= 15 is 0 Å². The van der Waals surface area contributed by atoms with Crippen molar-refractivity contribution in [3.63, 3.8) is 0 Å². The minimum absolute atomic E-state index is 0.132. The number of nitrogens with one attached hydrogen (secondary N) is 1. The summed E-state index contributed by atoms with van der Waals surface area (Å²) < 4.78 is 4.99. The van der Waals surface area contributed by atoms with Crippen LogP contribution in [-0.4, -0.2) is 61.5 Å². The number of amides is 1. The standard InChI is InChI=1S/C25H26ClN3O3S/c1-32-25(31)23-21(19-5-3-2-4-6-19)17-33-24(23)27-22(30)16-29-13-11-28(12-14-29)15-18-7-9-20(26)10-8-18/h2-10,17H,11-16H2,1H3,(H,27,30). The Bertz CT molecular complexity index is 1090. The van der Waals surface area contributed by atoms with E-state index in [-0.39, 0.29) is 12.5 Å². The number of methoxy groups -OCH3 is 1. The number of piperazine rings is 1. The number of hydrogen-bond donors (Lipinski definition) is 1. The van der Waals surface area contributed by atoms with Crippen LogP contribution in [0, 0.1) is 0 Å². The molecule has 1 amide bonds. The predicted octanol–water partition coefficient (Wildman–Crippen LogP) is 4.61. The molecule has 4 rings (SSSR count). The van der Waals surface area contributed by atoms with Gasteiger partial charge in [0.2, 0.25) is 5.91 Å². The Hall–Kier alpha value is -2.71. The maximum Gasteiger partial charge on any atom is 0.341 e. The summed E-state index contributed by atoms with van der Waals surface area (Å²) in [5, 5.41) is 6.07. The summed E-state index contributed by atoms with van der Waals surface area (Å²) in [6, 6.07) is 17.5. The molecule has 0 aliphatic carbocycles. The van der Waals surface area contributed by atoms with Crippen molar-refractivity contribution in [2.45, 2.75) is 6.54 Å². The van der Waals surface area contributed by atoms with E-state index < -0.39 is 5.97 Å². The molecule has 0 unspecified atom stereocenters. The van der Waals surface area contributed by atoms with Crippen molar-refractivity contribution in [1.29, 1.82) is 0 Å². The predicted molar refractivity (Wildman–Crippen MR) is 133 cm³/mol. The third-order valence-electron chi connectivity index (χ3n) is 5.67. The molecule has 0 bridgehead atoms. The quantitative estimate of drug-likeness (QED) is 0.497. The largest absolute Gasteiger partial charge is 0.465 e. The zero-order valence-electron chi connectivity index (χ0n) is 18.4. The van der Waals surface area contributed by atoms with Gasteiger partial charge in [0.05, 0.1) is 13.7 Å². The highest BCUT2D eigenvalue weighted by Crippen LogP contribution is 2.36. The lowest BCUT2D eigenvalue weighted by Crippen LogP contribution is -2.48. The minimum atomic E-state index is -0.457. The number of carbonyl (C=O) groups excluding carboxylic acids is 2. The third kappa shape index (κ3) is 6.00. The first-order valence-corrected chi connectivity index (χ1v) is 12.0. The van der Waals surface area contributed by atoms with Crippen molar-refractivity contribution < 1.29 is 14.3 Å². The fourth-order valence-electron chi connectivity index (χ4n) is 3.91. The Morgan fingerprint density at radius 1 is 1.00 bits per heavy atom. The number of nitrogens with zero attached hydrogens (tertiary/aromatic N) is 2. The normalized spacial score (nSPS) is 14.7. The summed E-state index contributed by atoms with van der Waals surface area (Å²) in [6.45, 7) is 4.56. The maximum atomic E-state index is 12.8. The summed E-state index contributed by atoms with van der Waals surface area (Å²) in [5.74, 6) is -0.589. The number of thiophene rings is 1. The van der Waals surface area contributed by atoms with E-state index in [1.54, 1.807) is 0 Å². The summed E-state index contributed by atoms with van der Waals surface area (Å²) >= 11 is 7.30. The molecule has 0 saturated carbocycles. The fraction of sp³-hybridized carbons (Fsp3) is 0.280. The van der Waals surface area contributed by atoms with Crippen molar-refractivity contribution in [3.05, 3.63) is 76.1 Å². The molecule has 0 atom stereocenters. The number of carbonyl (C=O) groups is 2. The lowest BCUT2D eigenvalue weighted by Gasteiger charge is -2.34. The summed E-state index contributed by atoms with van der Waals surface area (Å²) in [7, 11) is 1.35. The highest BCUT2D eigenvalue weighted by atomic mass is 35.5. The van der Waals surface area contributed by atoms with Crippen LogP contribution >= 0.6 is 22.9 Å². The highest BCUT2D eigenvalue weighted by molar-refractivity contribution is 7.15. The van der Waals surface area contributed by atoms with Crippen molar-refractivity contribution in [2.24, 2.45) is 0 Å². The molecular weight excluding hydrogens is 458 g/mol. The second-order valence-corrected chi connectivity index (χ2v) is 9.25. The van der Waals surface area contributed by atoms with E-state index in [4.69, 9.17) is 16.3 Å². The average molecular weight is 484 g/mol. The van der Waals surface area contributed by atoms with Gasteiger partial charge in [-0.25, -0.2) is 4.79 Å². The molecule has 2 heterocycles. The molecule has 8 heteroatoms. The summed E-state index contributed by atoms with van der Waals surface area (Å²) in [6.07, 6.45) is 0. The van der Waals surface area contributed by atoms with Gasteiger partial charge in [0.1, 0.15) is 10.6 Å². The Kier molecular flexibility index (Phi) is 7.77. The van der Waals surface area contributed by atoms with Gasteiger partial charge in [-0.2, -0.15) is 0 Å². The molecule has 3 aromatic rings. The average Bonchev–Trinajstić information content (AvgIpc) is 3.25. The molecule has 1 saturated heterocycles. The van der Waals surface area contributed by atoms with E-state index in [1.807, 2.05) is 60.0 Å². The van der Waals surface area contributed by atoms with Gasteiger partial charge in [0.15, 0.2) is 0 Å². The van der Waals surface area contributed by atoms with Crippen LogP contribution in [0.1, 0.15) is 15.9 Å². The third-order valence-corrected chi connectivity index (χ3v) is 6.82. The van der Waals surface area contributed by atoms with Crippen LogP contribution in [0.15, 0.2) is 60.0 Å². The molecule has 1 N–H and O–H groups in total. The number of benzene rings is 2. The Balaban J connectivity index is 1.34. The van der Waals surface area contributed by atoms with E-state index in [0.29, 0.717) is 10.6 Å². The van der Waals surface area contributed by atoms with Crippen molar-refractivity contribution >= 4 is 39.8 Å². The van der Waals surface area contributed by atoms with Gasteiger partial charge in [0.25, 0.3) is 0 Å². The second kappa shape index (κ2) is 10.9. The van der Waals surface area contributed by atoms with Crippen molar-refractivity contribution in [2.75, 3.05) is 45.2 Å². The van der Waals surface area contributed by atoms with E-state index in [1.165, 1.54) is 24.0 Å². The summed E-state index contributed by atoms with van der Waals surface area (Å²) in [4.78, 5) is 29.8. The Labute approximate surface area is 202 Å². The van der Waals surface area contributed by atoms with Crippen molar-refractivity contribution in [3.8, 4) is 11.1 Å². The first-order chi connectivity index (χ1) is 16.0. The SMILES string of the molecule is COC(=O)c1c(-c2ccccc2)csc1NC(=O)CN1CCN(Cc2ccc(Cl)cc2)CC1. The van der Waals surface area contributed by atoms with Gasteiger partial charge in [-0.3, -0.25) is 14.6 Å². The van der Waals surface area contributed by atoms with Crippen LogP contribution in [0.4, 0.5) is 5.00 Å². The van der Waals surface area contributed by atoms with Gasteiger partial charge in [-0.05, 0) is 23.3 Å². The number of rotatable bonds is 7. The van der Waals surface area contributed by atoms with E-state index in [2.05, 4.69) is 15.1 Å². The molecule has 1 aliphatic heterocycles. The molecule has 172 valence electrons. The molecule has 0 spiro atoms. The first-order valence-electron chi connectivity index (χ1n) is 10.8. The van der Waals surface area contributed by atoms with Crippen LogP contribution in [-0.2, 0) is 16.1 Å². The van der Waals surface area contributed by atoms with Crippen LogP contribution in [0.3, 0.4) is 0 Å². The molecule has 33 heavy (non-hydrogen) atoms. The number of esters is 1. The molecule has 1 aromatic heterocycles. The van der Waals surface area contributed by atoms with Crippen molar-refractivity contribution in [1.82, 2.24) is 9.80 Å². The van der Waals surface area contributed by atoms with Gasteiger partial charge >= 0.3 is 5.97 Å². The molecular formula is C25H26ClN3O3S. The Morgan fingerprint density at radius 3 is 2.33 bits per heavy atom. The second-order valence-electron chi connectivity index (χ2n) is 7.94. The smallest absolute Gasteiger partial charge is 0.341 e. The number of hydrogen-bond acceptors (Lipinski definition) is 6. The molecule has 1 fully saturated rings.